The Balaban J connectivity index is 2.24. The summed E-state index contributed by atoms with van der Waals surface area (Å²) in [6.45, 7) is 1.67. The van der Waals surface area contributed by atoms with Crippen LogP contribution in [0.2, 0.25) is 0 Å². The van der Waals surface area contributed by atoms with Crippen molar-refractivity contribution < 1.29 is 19.4 Å². The average molecular weight is 286 g/mol. The predicted molar refractivity (Wildman–Crippen MR) is 76.9 cm³/mol. The highest BCUT2D eigenvalue weighted by atomic mass is 16.5. The van der Waals surface area contributed by atoms with Crippen molar-refractivity contribution in [2.75, 3.05) is 12.4 Å². The Morgan fingerprint density at radius 3 is 2.62 bits per heavy atom. The van der Waals surface area contributed by atoms with Crippen LogP contribution in [0, 0.1) is 6.92 Å². The highest BCUT2D eigenvalue weighted by Crippen LogP contribution is 2.19. The van der Waals surface area contributed by atoms with Gasteiger partial charge in [-0.05, 0) is 36.8 Å². The van der Waals surface area contributed by atoms with Gasteiger partial charge in [0.15, 0.2) is 0 Å². The molecule has 6 nitrogen and oxygen atoms in total. The molecule has 0 unspecified atom stereocenters. The van der Waals surface area contributed by atoms with Crippen molar-refractivity contribution in [2.45, 2.75) is 6.92 Å². The summed E-state index contributed by atoms with van der Waals surface area (Å²) < 4.78 is 5.08. The summed E-state index contributed by atoms with van der Waals surface area (Å²) in [5.74, 6) is -0.980. The molecule has 1 heterocycles. The van der Waals surface area contributed by atoms with E-state index in [1.807, 2.05) is 0 Å². The summed E-state index contributed by atoms with van der Waals surface area (Å²) >= 11 is 0. The van der Waals surface area contributed by atoms with Crippen molar-refractivity contribution in [3.63, 3.8) is 0 Å². The molecular weight excluding hydrogens is 272 g/mol. The van der Waals surface area contributed by atoms with E-state index in [9.17, 15) is 9.59 Å². The number of nitrogens with zero attached hydrogens (tertiary/aromatic N) is 1. The molecule has 0 saturated carbocycles. The molecule has 2 aromatic rings. The van der Waals surface area contributed by atoms with E-state index < -0.39 is 5.97 Å². The number of benzene rings is 1. The quantitative estimate of drug-likeness (QED) is 0.900. The zero-order valence-corrected chi connectivity index (χ0v) is 11.6. The molecule has 1 aromatic heterocycles. The highest BCUT2D eigenvalue weighted by molar-refractivity contribution is 6.06. The van der Waals surface area contributed by atoms with Gasteiger partial charge in [-0.2, -0.15) is 0 Å². The zero-order chi connectivity index (χ0) is 15.4. The first-order chi connectivity index (χ1) is 10.0. The average Bonchev–Trinajstić information content (AvgIpc) is 2.46. The maximum absolute atomic E-state index is 12.2. The number of carbonyl (C=O) groups excluding carboxylic acids is 1. The third kappa shape index (κ3) is 3.17. The van der Waals surface area contributed by atoms with Crippen LogP contribution < -0.4 is 10.1 Å². The predicted octanol–water partition coefficient (Wildman–Crippen LogP) is 2.35. The largest absolute Gasteiger partial charge is 0.494 e. The van der Waals surface area contributed by atoms with E-state index in [1.165, 1.54) is 25.6 Å². The molecule has 0 radical (unpaired) electrons. The molecule has 1 aromatic carbocycles. The van der Waals surface area contributed by atoms with E-state index in [4.69, 9.17) is 9.84 Å². The Bertz CT molecular complexity index is 698. The smallest absolute Gasteiger partial charge is 0.335 e. The third-order valence-corrected chi connectivity index (χ3v) is 2.96. The van der Waals surface area contributed by atoms with Crippen LogP contribution in [-0.2, 0) is 0 Å². The lowest BCUT2D eigenvalue weighted by Gasteiger charge is -2.10. The second-order valence-electron chi connectivity index (χ2n) is 4.36. The molecular formula is C15H14N2O4. The van der Waals surface area contributed by atoms with Crippen LogP contribution in [0.4, 0.5) is 5.69 Å². The summed E-state index contributed by atoms with van der Waals surface area (Å²) in [6.07, 6.45) is 2.95. The second kappa shape index (κ2) is 6.04. The molecule has 0 aliphatic carbocycles. The number of nitrogens with one attached hydrogen (secondary N) is 1. The molecule has 0 bridgehead atoms. The van der Waals surface area contributed by atoms with Gasteiger partial charge < -0.3 is 15.2 Å². The van der Waals surface area contributed by atoms with E-state index in [0.29, 0.717) is 22.6 Å². The van der Waals surface area contributed by atoms with Gasteiger partial charge in [-0.15, -0.1) is 0 Å². The van der Waals surface area contributed by atoms with Crippen LogP contribution in [0.1, 0.15) is 26.3 Å². The summed E-state index contributed by atoms with van der Waals surface area (Å²) in [5, 5.41) is 11.7. The lowest BCUT2D eigenvalue weighted by molar-refractivity contribution is 0.0696. The number of amides is 1. The summed E-state index contributed by atoms with van der Waals surface area (Å²) in [7, 11) is 1.46. The van der Waals surface area contributed by atoms with Crippen LogP contribution in [-0.4, -0.2) is 29.1 Å². The molecule has 0 saturated heterocycles. The van der Waals surface area contributed by atoms with E-state index >= 15 is 0 Å². The van der Waals surface area contributed by atoms with Crippen molar-refractivity contribution in [1.82, 2.24) is 4.98 Å². The number of carbonyl (C=O) groups is 2. The van der Waals surface area contributed by atoms with Gasteiger partial charge in [0.1, 0.15) is 5.75 Å². The molecule has 0 spiro atoms. The Morgan fingerprint density at radius 1 is 1.24 bits per heavy atom. The molecule has 1 amide bonds. The number of methoxy groups -OCH3 is 1. The zero-order valence-electron chi connectivity index (χ0n) is 11.6. The van der Waals surface area contributed by atoms with Crippen LogP contribution in [0.5, 0.6) is 5.75 Å². The van der Waals surface area contributed by atoms with Crippen molar-refractivity contribution in [3.05, 3.63) is 53.3 Å². The van der Waals surface area contributed by atoms with Crippen LogP contribution in [0.3, 0.4) is 0 Å². The number of hydrogen-bond donors (Lipinski definition) is 2. The third-order valence-electron chi connectivity index (χ3n) is 2.96. The van der Waals surface area contributed by atoms with Crippen molar-refractivity contribution >= 4 is 17.6 Å². The highest BCUT2D eigenvalue weighted by Gasteiger charge is 2.13. The fourth-order valence-electron chi connectivity index (χ4n) is 1.91. The first kappa shape index (κ1) is 14.5. The number of aromatic nitrogens is 1. The van der Waals surface area contributed by atoms with Gasteiger partial charge in [0.25, 0.3) is 5.91 Å². The van der Waals surface area contributed by atoms with Crippen molar-refractivity contribution in [3.8, 4) is 5.75 Å². The Hall–Kier alpha value is -2.89. The monoisotopic (exact) mass is 286 g/mol. The SMILES string of the molecule is COc1cnccc1C(=O)Nc1ccc(C(=O)O)c(C)c1. The Labute approximate surface area is 121 Å². The minimum absolute atomic E-state index is 0.203. The maximum atomic E-state index is 12.2. The molecule has 108 valence electrons. The lowest BCUT2D eigenvalue weighted by atomic mass is 10.1. The number of aromatic carboxylic acids is 1. The second-order valence-corrected chi connectivity index (χ2v) is 4.36. The number of carboxylic acids is 1. The van der Waals surface area contributed by atoms with Crippen LogP contribution >= 0.6 is 0 Å². The molecule has 21 heavy (non-hydrogen) atoms. The molecule has 0 aliphatic rings. The van der Waals surface area contributed by atoms with Gasteiger partial charge in [0.05, 0.1) is 24.4 Å². The summed E-state index contributed by atoms with van der Waals surface area (Å²) in [5.41, 5.74) is 1.64. The molecule has 0 atom stereocenters. The Morgan fingerprint density at radius 2 is 2.00 bits per heavy atom. The minimum atomic E-state index is -0.999. The van der Waals surface area contributed by atoms with E-state index in [1.54, 1.807) is 25.1 Å². The van der Waals surface area contributed by atoms with Crippen LogP contribution in [0.25, 0.3) is 0 Å². The number of hydrogen-bond acceptors (Lipinski definition) is 4. The van der Waals surface area contributed by atoms with E-state index in [-0.39, 0.29) is 11.5 Å². The molecule has 2 N–H and O–H groups in total. The first-order valence-electron chi connectivity index (χ1n) is 6.16. The number of ether oxygens (including phenoxy) is 1. The van der Waals surface area contributed by atoms with Crippen LogP contribution in [0.15, 0.2) is 36.7 Å². The summed E-state index contributed by atoms with van der Waals surface area (Å²) in [4.78, 5) is 27.0. The fraction of sp³-hybridized carbons (Fsp3) is 0.133. The number of pyridine rings is 1. The Kier molecular flexibility index (Phi) is 4.18. The van der Waals surface area contributed by atoms with Gasteiger partial charge in [0.2, 0.25) is 0 Å². The molecule has 6 heteroatoms. The summed E-state index contributed by atoms with van der Waals surface area (Å²) in [6, 6.07) is 6.15. The number of carboxylic acid groups (broad SMARTS) is 1. The molecule has 0 aliphatic heterocycles. The molecule has 2 rings (SSSR count). The number of aryl methyl sites for hydroxylation is 1. The van der Waals surface area contributed by atoms with Crippen molar-refractivity contribution in [1.29, 1.82) is 0 Å². The standard InChI is InChI=1S/C15H14N2O4/c1-9-7-10(3-4-11(9)15(19)20)17-14(18)12-5-6-16-8-13(12)21-2/h3-8H,1-2H3,(H,17,18)(H,19,20). The first-order valence-corrected chi connectivity index (χ1v) is 6.16. The number of anilines is 1. The number of rotatable bonds is 4. The molecule has 0 fully saturated rings. The minimum Gasteiger partial charge on any atom is -0.494 e. The topological polar surface area (TPSA) is 88.5 Å². The van der Waals surface area contributed by atoms with Gasteiger partial charge in [-0.25, -0.2) is 4.79 Å². The van der Waals surface area contributed by atoms with Gasteiger partial charge >= 0.3 is 5.97 Å². The van der Waals surface area contributed by atoms with Gasteiger partial charge in [0, 0.05) is 11.9 Å². The fourth-order valence-corrected chi connectivity index (χ4v) is 1.91. The van der Waals surface area contributed by atoms with Crippen molar-refractivity contribution in [2.24, 2.45) is 0 Å². The normalized spacial score (nSPS) is 10.0. The lowest BCUT2D eigenvalue weighted by Crippen LogP contribution is -2.13. The van der Waals surface area contributed by atoms with Gasteiger partial charge in [-0.3, -0.25) is 9.78 Å². The maximum Gasteiger partial charge on any atom is 0.335 e. The van der Waals surface area contributed by atoms with E-state index in [2.05, 4.69) is 10.3 Å². The van der Waals surface area contributed by atoms with Gasteiger partial charge in [-0.1, -0.05) is 0 Å². The van der Waals surface area contributed by atoms with E-state index in [0.717, 1.165) is 0 Å².